The molecule has 0 fully saturated rings. The van der Waals surface area contributed by atoms with E-state index in [4.69, 9.17) is 14.2 Å². The number of hydrogen-bond acceptors (Lipinski definition) is 6. The van der Waals surface area contributed by atoms with Gasteiger partial charge in [0.05, 0.1) is 0 Å². The summed E-state index contributed by atoms with van der Waals surface area (Å²) in [7, 11) is 0. The number of carbonyl (C=O) groups is 3. The molecule has 0 spiro atoms. The second-order valence-electron chi connectivity index (χ2n) is 24.8. The maximum Gasteiger partial charge on any atom is 0.306 e. The van der Waals surface area contributed by atoms with Gasteiger partial charge in [0.2, 0.25) is 0 Å². The zero-order valence-electron chi connectivity index (χ0n) is 55.7. The van der Waals surface area contributed by atoms with Crippen LogP contribution in [0.2, 0.25) is 0 Å². The third-order valence-electron chi connectivity index (χ3n) is 16.5. The third-order valence-corrected chi connectivity index (χ3v) is 16.5. The highest BCUT2D eigenvalue weighted by atomic mass is 16.6. The first-order valence-corrected chi connectivity index (χ1v) is 36.8. The molecule has 0 aromatic carbocycles. The highest BCUT2D eigenvalue weighted by Crippen LogP contribution is 2.19. The topological polar surface area (TPSA) is 78.9 Å². The molecule has 0 heterocycles. The minimum Gasteiger partial charge on any atom is -0.462 e. The van der Waals surface area contributed by atoms with Gasteiger partial charge in [-0.1, -0.05) is 351 Å². The molecule has 0 aromatic heterocycles. The van der Waals surface area contributed by atoms with Gasteiger partial charge in [0.15, 0.2) is 6.10 Å². The lowest BCUT2D eigenvalue weighted by Gasteiger charge is -2.18. The van der Waals surface area contributed by atoms with Crippen molar-refractivity contribution in [3.63, 3.8) is 0 Å². The maximum absolute atomic E-state index is 12.9. The summed E-state index contributed by atoms with van der Waals surface area (Å²) in [5, 5.41) is 0. The lowest BCUT2D eigenvalue weighted by Crippen LogP contribution is -2.30. The smallest absolute Gasteiger partial charge is 0.306 e. The Hall–Kier alpha value is -2.89. The van der Waals surface area contributed by atoms with E-state index in [1.54, 1.807) is 0 Å². The summed E-state index contributed by atoms with van der Waals surface area (Å²) >= 11 is 0. The molecule has 0 N–H and O–H groups in total. The zero-order valence-corrected chi connectivity index (χ0v) is 55.7. The highest BCUT2D eigenvalue weighted by Gasteiger charge is 2.19. The fraction of sp³-hybridized carbons (Fsp3) is 0.831. The van der Waals surface area contributed by atoms with Crippen LogP contribution in [0.5, 0.6) is 0 Å². The second-order valence-corrected chi connectivity index (χ2v) is 24.8. The van der Waals surface area contributed by atoms with Crippen LogP contribution in [-0.4, -0.2) is 37.2 Å². The average molecular weight is 1160 g/mol. The molecule has 0 aromatic rings. The molecule has 0 saturated carbocycles. The molecule has 0 aliphatic heterocycles. The molecule has 83 heavy (non-hydrogen) atoms. The molecule has 0 radical (unpaired) electrons. The fourth-order valence-corrected chi connectivity index (χ4v) is 11.0. The number of rotatable bonds is 68. The van der Waals surface area contributed by atoms with Gasteiger partial charge in [-0.3, -0.25) is 14.4 Å². The SMILES string of the molecule is CC/C=C\C/C=C\C/C=C\C/C=C\CCCCCCCCCCCCCCCCC(=O)OC(COC(=O)CCCCCCCCC)COC(=O)CCCCCCCCCCCCCCCCCCCCC/C=C\CCCCCCCCCC. The van der Waals surface area contributed by atoms with E-state index in [1.807, 2.05) is 0 Å². The van der Waals surface area contributed by atoms with E-state index in [1.165, 1.54) is 270 Å². The molecule has 0 aliphatic rings. The van der Waals surface area contributed by atoms with Crippen molar-refractivity contribution in [1.82, 2.24) is 0 Å². The number of hydrogen-bond donors (Lipinski definition) is 0. The van der Waals surface area contributed by atoms with Crippen LogP contribution >= 0.6 is 0 Å². The van der Waals surface area contributed by atoms with E-state index in [2.05, 4.69) is 81.5 Å². The fourth-order valence-electron chi connectivity index (χ4n) is 11.0. The molecule has 1 unspecified atom stereocenters. The largest absolute Gasteiger partial charge is 0.462 e. The first-order valence-electron chi connectivity index (χ1n) is 36.8. The molecule has 0 saturated heterocycles. The molecule has 1 atom stereocenters. The minimum absolute atomic E-state index is 0.0689. The number of allylic oxidation sites excluding steroid dienone is 10. The quantitative estimate of drug-likeness (QED) is 0.0261. The summed E-state index contributed by atoms with van der Waals surface area (Å²) < 4.78 is 16.9. The Balaban J connectivity index is 4.00. The third kappa shape index (κ3) is 69.8. The van der Waals surface area contributed by atoms with Gasteiger partial charge in [0.25, 0.3) is 0 Å². The lowest BCUT2D eigenvalue weighted by molar-refractivity contribution is -0.167. The Morgan fingerprint density at radius 1 is 0.253 bits per heavy atom. The van der Waals surface area contributed by atoms with Crippen LogP contribution in [0, 0.1) is 0 Å². The summed E-state index contributed by atoms with van der Waals surface area (Å²) in [6.45, 7) is 6.55. The van der Waals surface area contributed by atoms with Crippen molar-refractivity contribution in [2.45, 2.75) is 399 Å². The van der Waals surface area contributed by atoms with Gasteiger partial charge in [-0.05, 0) is 83.5 Å². The van der Waals surface area contributed by atoms with Gasteiger partial charge in [0, 0.05) is 19.3 Å². The van der Waals surface area contributed by atoms with E-state index in [0.29, 0.717) is 19.3 Å². The monoisotopic (exact) mass is 1160 g/mol. The van der Waals surface area contributed by atoms with E-state index in [0.717, 1.165) is 83.5 Å². The van der Waals surface area contributed by atoms with Crippen molar-refractivity contribution in [1.29, 1.82) is 0 Å². The molecule has 0 rings (SSSR count). The zero-order chi connectivity index (χ0) is 59.9. The van der Waals surface area contributed by atoms with Crippen LogP contribution in [0.3, 0.4) is 0 Å². The molecule has 484 valence electrons. The Morgan fingerprint density at radius 2 is 0.470 bits per heavy atom. The summed E-state index contributed by atoms with van der Waals surface area (Å²) in [4.78, 5) is 38.2. The van der Waals surface area contributed by atoms with Crippen molar-refractivity contribution in [3.05, 3.63) is 60.8 Å². The van der Waals surface area contributed by atoms with Gasteiger partial charge in [-0.25, -0.2) is 0 Å². The van der Waals surface area contributed by atoms with Crippen LogP contribution in [0.25, 0.3) is 0 Å². The van der Waals surface area contributed by atoms with Gasteiger partial charge >= 0.3 is 17.9 Å². The van der Waals surface area contributed by atoms with E-state index in [9.17, 15) is 14.4 Å². The lowest BCUT2D eigenvalue weighted by atomic mass is 10.0. The van der Waals surface area contributed by atoms with Crippen molar-refractivity contribution >= 4 is 17.9 Å². The van der Waals surface area contributed by atoms with Gasteiger partial charge < -0.3 is 14.2 Å². The van der Waals surface area contributed by atoms with Crippen molar-refractivity contribution in [3.8, 4) is 0 Å². The number of esters is 3. The predicted octanol–water partition coefficient (Wildman–Crippen LogP) is 25.5. The van der Waals surface area contributed by atoms with Gasteiger partial charge in [-0.15, -0.1) is 0 Å². The van der Waals surface area contributed by atoms with Crippen LogP contribution in [-0.2, 0) is 28.6 Å². The predicted molar refractivity (Wildman–Crippen MR) is 362 cm³/mol. The molecule has 0 bridgehead atoms. The number of unbranched alkanes of at least 4 members (excludes halogenated alkanes) is 47. The normalized spacial score (nSPS) is 12.4. The molecule has 0 aliphatic carbocycles. The molecular formula is C77H140O6. The minimum atomic E-state index is -0.771. The summed E-state index contributed by atoms with van der Waals surface area (Å²) in [6.07, 6.45) is 93.0. The Labute approximate surface area is 517 Å². The first kappa shape index (κ1) is 80.1. The van der Waals surface area contributed by atoms with E-state index >= 15 is 0 Å². The van der Waals surface area contributed by atoms with Gasteiger partial charge in [0.1, 0.15) is 13.2 Å². The second kappa shape index (κ2) is 71.6. The molecular weight excluding hydrogens is 1020 g/mol. The van der Waals surface area contributed by atoms with Crippen molar-refractivity contribution in [2.75, 3.05) is 13.2 Å². The van der Waals surface area contributed by atoms with Gasteiger partial charge in [-0.2, -0.15) is 0 Å². The Kier molecular flexibility index (Phi) is 69.1. The van der Waals surface area contributed by atoms with Crippen LogP contribution in [0.1, 0.15) is 393 Å². The van der Waals surface area contributed by atoms with Crippen molar-refractivity contribution < 1.29 is 28.6 Å². The molecule has 6 heteroatoms. The maximum atomic E-state index is 12.9. The number of ether oxygens (including phenoxy) is 3. The highest BCUT2D eigenvalue weighted by molar-refractivity contribution is 5.71. The van der Waals surface area contributed by atoms with Crippen molar-refractivity contribution in [2.24, 2.45) is 0 Å². The summed E-state index contributed by atoms with van der Waals surface area (Å²) in [5.41, 5.74) is 0. The molecule has 0 amide bonds. The van der Waals surface area contributed by atoms with Crippen LogP contribution in [0.15, 0.2) is 60.8 Å². The summed E-state index contributed by atoms with van der Waals surface area (Å²) in [6, 6.07) is 0. The Morgan fingerprint density at radius 3 is 0.747 bits per heavy atom. The summed E-state index contributed by atoms with van der Waals surface area (Å²) in [5.74, 6) is -0.852. The van der Waals surface area contributed by atoms with Crippen LogP contribution < -0.4 is 0 Å². The Bertz CT molecular complexity index is 1470. The van der Waals surface area contributed by atoms with Crippen LogP contribution in [0.4, 0.5) is 0 Å². The van der Waals surface area contributed by atoms with E-state index in [-0.39, 0.29) is 31.1 Å². The number of carbonyl (C=O) groups excluding carboxylic acids is 3. The standard InChI is InChI=1S/C77H140O6/c1-4-7-10-13-16-18-20-22-24-26-28-30-32-34-36-37-38-39-41-42-44-46-48-50-52-54-56-58-61-64-67-70-76(79)82-73-74(72-81-75(78)69-66-63-60-15-12-9-6-3)83-77(80)71-68-65-62-59-57-55-53-51-49-47-45-43-40-35-33-31-29-27-25-23-21-19-17-14-11-8-5-2/h8,11,17,19,23,25-26,28-29,31,74H,4-7,9-10,12-16,18,20-22,24,27,30,32-73H2,1-3H3/b11-8-,19-17-,25-23-,28-26-,31-29-. The molecule has 6 nitrogen and oxygen atoms in total. The first-order chi connectivity index (χ1) is 41.0. The average Bonchev–Trinajstić information content (AvgIpc) is 3.49. The van der Waals surface area contributed by atoms with E-state index < -0.39 is 6.10 Å².